The molecule has 0 bridgehead atoms. The lowest BCUT2D eigenvalue weighted by Crippen LogP contribution is -2.42. The Hall–Kier alpha value is -1.95. The van der Waals surface area contributed by atoms with Gasteiger partial charge in [0.05, 0.1) is 24.9 Å². The Morgan fingerprint density at radius 1 is 1.24 bits per heavy atom. The molecule has 1 saturated heterocycles. The zero-order chi connectivity index (χ0) is 15.6. The summed E-state index contributed by atoms with van der Waals surface area (Å²) in [5.74, 6) is 0.560. The Balaban J connectivity index is 2.46. The monoisotopic (exact) mass is 312 g/mol. The number of halogens is 1. The van der Waals surface area contributed by atoms with E-state index in [0.717, 1.165) is 0 Å². The second-order valence-electron chi connectivity index (χ2n) is 4.69. The molecular weight excluding hydrogens is 296 g/mol. The molecule has 21 heavy (non-hydrogen) atoms. The van der Waals surface area contributed by atoms with E-state index in [1.165, 1.54) is 19.1 Å². The van der Waals surface area contributed by atoms with Crippen LogP contribution in [0.25, 0.3) is 0 Å². The molecule has 7 heteroatoms. The zero-order valence-corrected chi connectivity index (χ0v) is 12.9. The van der Waals surface area contributed by atoms with Crippen molar-refractivity contribution >= 4 is 29.1 Å². The van der Waals surface area contributed by atoms with E-state index in [4.69, 9.17) is 21.1 Å². The number of rotatable bonds is 3. The molecule has 1 N–H and O–H groups in total. The standard InChI is InChI=1S/C14H17ClN2O4/c1-8-14(19)17(5-4-13(18)16-8)10-6-9(15)11(20-2)7-12(10)21-3/h6-8H,4-5H2,1-3H3,(H,16,18). The Morgan fingerprint density at radius 2 is 1.90 bits per heavy atom. The molecule has 0 aromatic heterocycles. The van der Waals surface area contributed by atoms with Gasteiger partial charge in [-0.25, -0.2) is 0 Å². The van der Waals surface area contributed by atoms with Gasteiger partial charge in [0.1, 0.15) is 17.5 Å². The van der Waals surface area contributed by atoms with Crippen molar-refractivity contribution < 1.29 is 19.1 Å². The topological polar surface area (TPSA) is 67.9 Å². The van der Waals surface area contributed by atoms with Crippen LogP contribution in [0.4, 0.5) is 5.69 Å². The SMILES string of the molecule is COc1cc(OC)c(N2CCC(=O)NC(C)C2=O)cc1Cl. The van der Waals surface area contributed by atoms with Crippen LogP contribution >= 0.6 is 11.6 Å². The first-order chi connectivity index (χ1) is 9.97. The highest BCUT2D eigenvalue weighted by Gasteiger charge is 2.29. The predicted octanol–water partition coefficient (Wildman–Crippen LogP) is 1.60. The lowest BCUT2D eigenvalue weighted by atomic mass is 10.2. The summed E-state index contributed by atoms with van der Waals surface area (Å²) in [6.07, 6.45) is 0.225. The average molecular weight is 313 g/mol. The normalized spacial score (nSPS) is 19.0. The van der Waals surface area contributed by atoms with Crippen molar-refractivity contribution in [3.05, 3.63) is 17.2 Å². The number of nitrogens with zero attached hydrogens (tertiary/aromatic N) is 1. The zero-order valence-electron chi connectivity index (χ0n) is 12.1. The van der Waals surface area contributed by atoms with Gasteiger partial charge in [0.25, 0.3) is 0 Å². The number of hydrogen-bond donors (Lipinski definition) is 1. The number of benzene rings is 1. The maximum absolute atomic E-state index is 12.4. The summed E-state index contributed by atoms with van der Waals surface area (Å²) >= 11 is 6.13. The lowest BCUT2D eigenvalue weighted by molar-refractivity contribution is -0.125. The highest BCUT2D eigenvalue weighted by atomic mass is 35.5. The van der Waals surface area contributed by atoms with Gasteiger partial charge in [-0.15, -0.1) is 0 Å². The Morgan fingerprint density at radius 3 is 2.52 bits per heavy atom. The van der Waals surface area contributed by atoms with Gasteiger partial charge >= 0.3 is 0 Å². The molecule has 1 heterocycles. The van der Waals surface area contributed by atoms with Crippen molar-refractivity contribution in [1.29, 1.82) is 0 Å². The van der Waals surface area contributed by atoms with Gasteiger partial charge in [-0.1, -0.05) is 11.6 Å². The summed E-state index contributed by atoms with van der Waals surface area (Å²) < 4.78 is 10.4. The van der Waals surface area contributed by atoms with E-state index in [9.17, 15) is 9.59 Å². The van der Waals surface area contributed by atoms with Crippen LogP contribution in [0.3, 0.4) is 0 Å². The van der Waals surface area contributed by atoms with E-state index in [1.54, 1.807) is 19.1 Å². The highest BCUT2D eigenvalue weighted by Crippen LogP contribution is 2.38. The molecule has 2 amide bonds. The van der Waals surface area contributed by atoms with E-state index in [-0.39, 0.29) is 24.8 Å². The Kier molecular flexibility index (Phi) is 4.57. The summed E-state index contributed by atoms with van der Waals surface area (Å²) in [5.41, 5.74) is 0.525. The van der Waals surface area contributed by atoms with E-state index < -0.39 is 6.04 Å². The van der Waals surface area contributed by atoms with Gasteiger partial charge in [-0.2, -0.15) is 0 Å². The number of carbonyl (C=O) groups is 2. The van der Waals surface area contributed by atoms with Gasteiger partial charge in [0, 0.05) is 19.0 Å². The fourth-order valence-electron chi connectivity index (χ4n) is 2.23. The summed E-state index contributed by atoms with van der Waals surface area (Å²) in [5, 5.41) is 3.01. The van der Waals surface area contributed by atoms with Crippen molar-refractivity contribution in [2.24, 2.45) is 0 Å². The molecule has 1 aromatic rings. The fraction of sp³-hybridized carbons (Fsp3) is 0.429. The summed E-state index contributed by atoms with van der Waals surface area (Å²) in [6.45, 7) is 1.92. The number of anilines is 1. The predicted molar refractivity (Wildman–Crippen MR) is 79.1 cm³/mol. The smallest absolute Gasteiger partial charge is 0.249 e. The van der Waals surface area contributed by atoms with Gasteiger partial charge in [0.2, 0.25) is 11.8 Å². The van der Waals surface area contributed by atoms with Crippen LogP contribution in [0.15, 0.2) is 12.1 Å². The number of hydrogen-bond acceptors (Lipinski definition) is 4. The Labute approximate surface area is 128 Å². The number of methoxy groups -OCH3 is 2. The maximum Gasteiger partial charge on any atom is 0.249 e. The molecule has 2 rings (SSSR count). The molecule has 6 nitrogen and oxygen atoms in total. The van der Waals surface area contributed by atoms with Crippen LogP contribution in [0.1, 0.15) is 13.3 Å². The van der Waals surface area contributed by atoms with Crippen molar-refractivity contribution in [2.45, 2.75) is 19.4 Å². The van der Waals surface area contributed by atoms with Crippen molar-refractivity contribution in [2.75, 3.05) is 25.7 Å². The minimum Gasteiger partial charge on any atom is -0.495 e. The molecular formula is C14H17ClN2O4. The first-order valence-electron chi connectivity index (χ1n) is 6.50. The van der Waals surface area contributed by atoms with Gasteiger partial charge < -0.3 is 19.7 Å². The molecule has 1 aromatic carbocycles. The van der Waals surface area contributed by atoms with Crippen LogP contribution in [-0.2, 0) is 9.59 Å². The van der Waals surface area contributed by atoms with Crippen LogP contribution in [0.5, 0.6) is 11.5 Å². The second kappa shape index (κ2) is 6.22. The third-order valence-electron chi connectivity index (χ3n) is 3.32. The third kappa shape index (κ3) is 3.05. The lowest BCUT2D eigenvalue weighted by Gasteiger charge is -2.25. The van der Waals surface area contributed by atoms with E-state index in [0.29, 0.717) is 22.2 Å². The highest BCUT2D eigenvalue weighted by molar-refractivity contribution is 6.32. The number of amides is 2. The second-order valence-corrected chi connectivity index (χ2v) is 5.09. The van der Waals surface area contributed by atoms with Gasteiger partial charge in [-0.3, -0.25) is 9.59 Å². The molecule has 1 aliphatic heterocycles. The molecule has 1 aliphatic rings. The fourth-order valence-corrected chi connectivity index (χ4v) is 2.46. The summed E-state index contributed by atoms with van der Waals surface area (Å²) in [6, 6.07) is 2.64. The number of carbonyl (C=O) groups excluding carboxylic acids is 2. The van der Waals surface area contributed by atoms with Gasteiger partial charge in [-0.05, 0) is 13.0 Å². The van der Waals surface area contributed by atoms with Crippen molar-refractivity contribution in [3.63, 3.8) is 0 Å². The van der Waals surface area contributed by atoms with E-state index >= 15 is 0 Å². The van der Waals surface area contributed by atoms with Crippen molar-refractivity contribution in [3.8, 4) is 11.5 Å². The first-order valence-corrected chi connectivity index (χ1v) is 6.88. The minimum atomic E-state index is -0.592. The number of ether oxygens (including phenoxy) is 2. The molecule has 1 fully saturated rings. The maximum atomic E-state index is 12.4. The molecule has 0 saturated carbocycles. The van der Waals surface area contributed by atoms with Crippen LogP contribution in [0.2, 0.25) is 5.02 Å². The molecule has 1 atom stereocenters. The van der Waals surface area contributed by atoms with Gasteiger partial charge in [0.15, 0.2) is 0 Å². The van der Waals surface area contributed by atoms with E-state index in [1.807, 2.05) is 0 Å². The molecule has 0 aliphatic carbocycles. The summed E-state index contributed by atoms with van der Waals surface area (Å²) in [7, 11) is 3.00. The minimum absolute atomic E-state index is 0.156. The number of nitrogens with one attached hydrogen (secondary N) is 1. The molecule has 114 valence electrons. The van der Waals surface area contributed by atoms with E-state index in [2.05, 4.69) is 5.32 Å². The third-order valence-corrected chi connectivity index (χ3v) is 3.62. The van der Waals surface area contributed by atoms with Crippen molar-refractivity contribution in [1.82, 2.24) is 5.32 Å². The molecule has 0 radical (unpaired) electrons. The summed E-state index contributed by atoms with van der Waals surface area (Å²) in [4.78, 5) is 25.5. The molecule has 1 unspecified atom stereocenters. The molecule has 0 spiro atoms. The van der Waals surface area contributed by atoms with Crippen LogP contribution in [0, 0.1) is 0 Å². The Bertz CT molecular complexity index is 576. The largest absolute Gasteiger partial charge is 0.495 e. The van der Waals surface area contributed by atoms with Crippen LogP contribution < -0.4 is 19.7 Å². The quantitative estimate of drug-likeness (QED) is 0.920. The van der Waals surface area contributed by atoms with Crippen LogP contribution in [-0.4, -0.2) is 38.6 Å². The first kappa shape index (κ1) is 15.4. The average Bonchev–Trinajstić information content (AvgIpc) is 2.58.